The molecule has 0 heterocycles. The molecule has 4 nitrogen and oxygen atoms in total. The maximum absolute atomic E-state index is 10.6. The number of aryl methyl sites for hydroxylation is 2. The van der Waals surface area contributed by atoms with Gasteiger partial charge in [0.15, 0.2) is 0 Å². The Balaban J connectivity index is 0.000000151. The Kier molecular flexibility index (Phi) is 5.12. The van der Waals surface area contributed by atoms with Crippen LogP contribution < -0.4 is 0 Å². The Morgan fingerprint density at radius 3 is 1.23 bits per heavy atom. The van der Waals surface area contributed by atoms with Crippen molar-refractivity contribution in [3.8, 4) is 0 Å². The Morgan fingerprint density at radius 1 is 0.692 bits per heavy atom. The molecule has 2 aliphatic carbocycles. The molecule has 0 bridgehead atoms. The quantitative estimate of drug-likeness (QED) is 0.857. The highest BCUT2D eigenvalue weighted by Gasteiger charge is 2.44. The van der Waals surface area contributed by atoms with Gasteiger partial charge in [0.05, 0.1) is 11.8 Å². The summed E-state index contributed by atoms with van der Waals surface area (Å²) >= 11 is 0. The average molecular weight is 352 g/mol. The van der Waals surface area contributed by atoms with Gasteiger partial charge in [0.1, 0.15) is 0 Å². The first-order valence-corrected chi connectivity index (χ1v) is 8.95. The van der Waals surface area contributed by atoms with Crippen LogP contribution in [0.1, 0.15) is 46.9 Å². The van der Waals surface area contributed by atoms with Crippen molar-refractivity contribution < 1.29 is 19.8 Å². The molecule has 136 valence electrons. The van der Waals surface area contributed by atoms with Gasteiger partial charge < -0.3 is 10.2 Å². The number of rotatable bonds is 4. The fraction of sp³-hybridized carbons (Fsp3) is 0.364. The maximum Gasteiger partial charge on any atom is 0.307 e. The molecule has 2 aliphatic rings. The van der Waals surface area contributed by atoms with Gasteiger partial charge in [-0.1, -0.05) is 59.7 Å². The van der Waals surface area contributed by atoms with Crippen molar-refractivity contribution in [1.82, 2.24) is 0 Å². The standard InChI is InChI=1S/2C11H12O2/c2*1-7-2-4-8(5-3-7)9-6-10(9)11(12)13/h2*2-5,9-10H,6H2,1H3,(H,12,13)/t9-,10+;/m1./s1. The van der Waals surface area contributed by atoms with E-state index in [1.807, 2.05) is 62.4 Å². The summed E-state index contributed by atoms with van der Waals surface area (Å²) in [6, 6.07) is 16.3. The second-order valence-electron chi connectivity index (χ2n) is 7.40. The monoisotopic (exact) mass is 352 g/mol. The molecule has 2 unspecified atom stereocenters. The van der Waals surface area contributed by atoms with Crippen LogP contribution in [0.15, 0.2) is 48.5 Å². The fourth-order valence-corrected chi connectivity index (χ4v) is 3.30. The average Bonchev–Trinajstić information content (AvgIpc) is 3.49. The van der Waals surface area contributed by atoms with Gasteiger partial charge in [-0.3, -0.25) is 9.59 Å². The van der Waals surface area contributed by atoms with E-state index in [1.165, 1.54) is 11.1 Å². The zero-order chi connectivity index (χ0) is 18.8. The third kappa shape index (κ3) is 4.31. The molecule has 0 radical (unpaired) electrons. The van der Waals surface area contributed by atoms with Crippen LogP contribution >= 0.6 is 0 Å². The number of carbonyl (C=O) groups is 2. The minimum atomic E-state index is -0.662. The summed E-state index contributed by atoms with van der Waals surface area (Å²) in [5.41, 5.74) is 4.77. The van der Waals surface area contributed by atoms with Crippen LogP contribution in [-0.4, -0.2) is 22.2 Å². The molecule has 4 atom stereocenters. The van der Waals surface area contributed by atoms with Crippen molar-refractivity contribution >= 4 is 11.9 Å². The van der Waals surface area contributed by atoms with Crippen LogP contribution in [0.2, 0.25) is 0 Å². The maximum atomic E-state index is 10.6. The molecule has 2 aromatic carbocycles. The van der Waals surface area contributed by atoms with Gasteiger partial charge in [0.25, 0.3) is 0 Å². The topological polar surface area (TPSA) is 74.6 Å². The lowest BCUT2D eigenvalue weighted by atomic mass is 10.1. The molecule has 0 amide bonds. The summed E-state index contributed by atoms with van der Waals surface area (Å²) in [7, 11) is 0. The molecular formula is C22H24O4. The summed E-state index contributed by atoms with van der Waals surface area (Å²) in [4.78, 5) is 21.2. The number of carboxylic acid groups (broad SMARTS) is 2. The highest BCUT2D eigenvalue weighted by Crippen LogP contribution is 2.48. The van der Waals surface area contributed by atoms with E-state index >= 15 is 0 Å². The summed E-state index contributed by atoms with van der Waals surface area (Å²) in [6.07, 6.45) is 1.61. The van der Waals surface area contributed by atoms with Gasteiger partial charge in [-0.15, -0.1) is 0 Å². The van der Waals surface area contributed by atoms with E-state index in [0.29, 0.717) is 0 Å². The minimum absolute atomic E-state index is 0.136. The van der Waals surface area contributed by atoms with E-state index < -0.39 is 11.9 Å². The van der Waals surface area contributed by atoms with Crippen molar-refractivity contribution in [1.29, 1.82) is 0 Å². The van der Waals surface area contributed by atoms with Crippen LogP contribution in [0.4, 0.5) is 0 Å². The molecule has 0 saturated heterocycles. The summed E-state index contributed by atoms with van der Waals surface area (Å²) in [5, 5.41) is 17.5. The third-order valence-corrected chi connectivity index (χ3v) is 5.23. The molecule has 0 aromatic heterocycles. The zero-order valence-electron chi connectivity index (χ0n) is 15.1. The highest BCUT2D eigenvalue weighted by molar-refractivity contribution is 5.75. The number of carboxylic acids is 2. The lowest BCUT2D eigenvalue weighted by molar-refractivity contribution is -0.139. The van der Waals surface area contributed by atoms with E-state index in [9.17, 15) is 9.59 Å². The lowest BCUT2D eigenvalue weighted by Gasteiger charge is -1.98. The number of hydrogen-bond acceptors (Lipinski definition) is 2. The smallest absolute Gasteiger partial charge is 0.307 e. The Hall–Kier alpha value is -2.62. The first kappa shape index (κ1) is 18.2. The summed E-state index contributed by atoms with van der Waals surface area (Å²) in [5.74, 6) is -1.07. The van der Waals surface area contributed by atoms with E-state index in [2.05, 4.69) is 0 Å². The van der Waals surface area contributed by atoms with Crippen molar-refractivity contribution in [2.24, 2.45) is 11.8 Å². The largest absolute Gasteiger partial charge is 0.481 e. The first-order chi connectivity index (χ1) is 12.4. The normalized spacial score (nSPS) is 25.6. The summed E-state index contributed by atoms with van der Waals surface area (Å²) < 4.78 is 0. The van der Waals surface area contributed by atoms with Crippen LogP contribution in [0.5, 0.6) is 0 Å². The van der Waals surface area contributed by atoms with E-state index in [1.54, 1.807) is 0 Å². The Labute approximate surface area is 153 Å². The molecule has 2 aromatic rings. The molecule has 2 fully saturated rings. The second-order valence-corrected chi connectivity index (χ2v) is 7.40. The number of hydrogen-bond donors (Lipinski definition) is 2. The van der Waals surface area contributed by atoms with E-state index in [0.717, 1.165) is 24.0 Å². The SMILES string of the molecule is Cc1ccc(C2CC2C(=O)O)cc1.Cc1ccc([C@H]2C[C@@H]2C(=O)O)cc1. The molecule has 26 heavy (non-hydrogen) atoms. The van der Waals surface area contributed by atoms with Crippen molar-refractivity contribution in [3.63, 3.8) is 0 Å². The van der Waals surface area contributed by atoms with Crippen LogP contribution in [0.25, 0.3) is 0 Å². The van der Waals surface area contributed by atoms with Gasteiger partial charge in [-0.25, -0.2) is 0 Å². The van der Waals surface area contributed by atoms with Gasteiger partial charge in [-0.2, -0.15) is 0 Å². The minimum Gasteiger partial charge on any atom is -0.481 e. The molecule has 0 aliphatic heterocycles. The highest BCUT2D eigenvalue weighted by atomic mass is 16.4. The van der Waals surface area contributed by atoms with Crippen molar-refractivity contribution in [2.45, 2.75) is 38.5 Å². The summed E-state index contributed by atoms with van der Waals surface area (Å²) in [6.45, 7) is 4.07. The zero-order valence-corrected chi connectivity index (χ0v) is 15.1. The fourth-order valence-electron chi connectivity index (χ4n) is 3.30. The van der Waals surface area contributed by atoms with Crippen LogP contribution in [0, 0.1) is 25.7 Å². The van der Waals surface area contributed by atoms with E-state index in [-0.39, 0.29) is 23.7 Å². The van der Waals surface area contributed by atoms with Gasteiger partial charge >= 0.3 is 11.9 Å². The van der Waals surface area contributed by atoms with Gasteiger partial charge in [-0.05, 0) is 49.7 Å². The number of benzene rings is 2. The van der Waals surface area contributed by atoms with Crippen molar-refractivity contribution in [3.05, 3.63) is 70.8 Å². The molecule has 2 N–H and O–H groups in total. The predicted octanol–water partition coefficient (Wildman–Crippen LogP) is 4.37. The van der Waals surface area contributed by atoms with Gasteiger partial charge in [0, 0.05) is 0 Å². The molecular weight excluding hydrogens is 328 g/mol. The Bertz CT molecular complexity index is 722. The molecule has 4 rings (SSSR count). The lowest BCUT2D eigenvalue weighted by Crippen LogP contribution is -1.98. The van der Waals surface area contributed by atoms with Crippen LogP contribution in [0.3, 0.4) is 0 Å². The Morgan fingerprint density at radius 2 is 1.00 bits per heavy atom. The second kappa shape index (κ2) is 7.32. The molecule has 2 saturated carbocycles. The number of aliphatic carboxylic acids is 2. The molecule has 4 heteroatoms. The predicted molar refractivity (Wildman–Crippen MR) is 99.3 cm³/mol. The van der Waals surface area contributed by atoms with E-state index in [4.69, 9.17) is 10.2 Å². The van der Waals surface area contributed by atoms with Gasteiger partial charge in [0.2, 0.25) is 0 Å². The third-order valence-electron chi connectivity index (χ3n) is 5.23. The van der Waals surface area contributed by atoms with Crippen molar-refractivity contribution in [2.75, 3.05) is 0 Å². The first-order valence-electron chi connectivity index (χ1n) is 8.95. The molecule has 0 spiro atoms. The van der Waals surface area contributed by atoms with Crippen LogP contribution in [-0.2, 0) is 9.59 Å².